The van der Waals surface area contributed by atoms with E-state index in [1.54, 1.807) is 11.8 Å². The normalized spacial score (nSPS) is 17.4. The Morgan fingerprint density at radius 2 is 2.07 bits per heavy atom. The van der Waals surface area contributed by atoms with Gasteiger partial charge in [0.25, 0.3) is 5.56 Å². The van der Waals surface area contributed by atoms with Crippen LogP contribution >= 0.6 is 0 Å². The summed E-state index contributed by atoms with van der Waals surface area (Å²) < 4.78 is 1.25. The molecule has 27 heavy (non-hydrogen) atoms. The Labute approximate surface area is 154 Å². The fourth-order valence-corrected chi connectivity index (χ4v) is 3.57. The minimum absolute atomic E-state index is 0.0801. The molecule has 0 radical (unpaired) electrons. The molecule has 1 aromatic carbocycles. The number of benzene rings is 1. The van der Waals surface area contributed by atoms with Crippen LogP contribution in [0, 0.1) is 6.92 Å². The molecule has 2 aromatic heterocycles. The maximum absolute atomic E-state index is 12.7. The van der Waals surface area contributed by atoms with Crippen LogP contribution < -0.4 is 11.2 Å². The number of likely N-dealkylation sites (tertiary alicyclic amines) is 1. The van der Waals surface area contributed by atoms with E-state index in [4.69, 9.17) is 0 Å². The van der Waals surface area contributed by atoms with Crippen molar-refractivity contribution >= 4 is 16.9 Å². The number of imidazole rings is 1. The number of aromatic amines is 2. The fraction of sp³-hybridized carbons (Fsp3) is 0.368. The quantitative estimate of drug-likeness (QED) is 0.724. The standard InChI is InChI=1S/C19H21N5O3/c1-12-9-24(19(27)22-18(12)26)11-16(25)23-8-4-5-13(10-23)17-20-14-6-2-3-7-15(14)21-17/h2-3,6-7,9,13H,4-5,8,10-11H2,1H3,(H,20,21)(H,22,26,27)/t13-/m0/s1. The van der Waals surface area contributed by atoms with Crippen molar-refractivity contribution in [2.75, 3.05) is 13.1 Å². The summed E-state index contributed by atoms with van der Waals surface area (Å²) in [5, 5.41) is 0. The number of hydrogen-bond acceptors (Lipinski definition) is 4. The first-order valence-corrected chi connectivity index (χ1v) is 9.04. The van der Waals surface area contributed by atoms with Gasteiger partial charge in [0.05, 0.1) is 11.0 Å². The number of H-pyrrole nitrogens is 2. The Balaban J connectivity index is 1.51. The van der Waals surface area contributed by atoms with E-state index in [-0.39, 0.29) is 18.4 Å². The van der Waals surface area contributed by atoms with Crippen LogP contribution in [0.15, 0.2) is 40.1 Å². The van der Waals surface area contributed by atoms with Crippen molar-refractivity contribution in [3.63, 3.8) is 0 Å². The molecule has 8 heteroatoms. The Hall–Kier alpha value is -3.16. The number of rotatable bonds is 3. The number of piperidine rings is 1. The predicted octanol–water partition coefficient (Wildman–Crippen LogP) is 1.13. The van der Waals surface area contributed by atoms with Crippen LogP contribution in [0.1, 0.15) is 30.1 Å². The second-order valence-corrected chi connectivity index (χ2v) is 7.02. The number of aryl methyl sites for hydroxylation is 1. The van der Waals surface area contributed by atoms with Gasteiger partial charge in [0.15, 0.2) is 0 Å². The SMILES string of the molecule is Cc1cn(CC(=O)N2CCC[C@H](c3nc4ccccc4[nH]3)C2)c(=O)[nH]c1=O. The van der Waals surface area contributed by atoms with E-state index in [0.29, 0.717) is 18.7 Å². The van der Waals surface area contributed by atoms with Gasteiger partial charge in [-0.15, -0.1) is 0 Å². The second kappa shape index (κ2) is 6.86. The van der Waals surface area contributed by atoms with Gasteiger partial charge in [0.2, 0.25) is 5.91 Å². The number of nitrogens with zero attached hydrogens (tertiary/aromatic N) is 3. The number of amides is 1. The van der Waals surface area contributed by atoms with E-state index in [2.05, 4.69) is 15.0 Å². The lowest BCUT2D eigenvalue weighted by atomic mass is 9.97. The van der Waals surface area contributed by atoms with Crippen molar-refractivity contribution in [2.24, 2.45) is 0 Å². The molecule has 0 bridgehead atoms. The zero-order valence-corrected chi connectivity index (χ0v) is 15.1. The summed E-state index contributed by atoms with van der Waals surface area (Å²) in [5.41, 5.74) is 1.33. The van der Waals surface area contributed by atoms with Gasteiger partial charge in [0, 0.05) is 30.8 Å². The lowest BCUT2D eigenvalue weighted by Crippen LogP contribution is -2.43. The summed E-state index contributed by atoms with van der Waals surface area (Å²) in [6, 6.07) is 7.87. The molecule has 8 nitrogen and oxygen atoms in total. The van der Waals surface area contributed by atoms with Gasteiger partial charge in [-0.1, -0.05) is 12.1 Å². The summed E-state index contributed by atoms with van der Waals surface area (Å²) in [6.45, 7) is 2.75. The first-order valence-electron chi connectivity index (χ1n) is 9.04. The van der Waals surface area contributed by atoms with Crippen LogP contribution in [0.5, 0.6) is 0 Å². The largest absolute Gasteiger partial charge is 0.342 e. The van der Waals surface area contributed by atoms with Crippen LogP contribution in [0.2, 0.25) is 0 Å². The maximum atomic E-state index is 12.7. The monoisotopic (exact) mass is 367 g/mol. The topological polar surface area (TPSA) is 104 Å². The molecule has 1 aliphatic rings. The number of para-hydroxylation sites is 2. The van der Waals surface area contributed by atoms with E-state index >= 15 is 0 Å². The Kier molecular flexibility index (Phi) is 4.39. The Morgan fingerprint density at radius 3 is 2.89 bits per heavy atom. The molecule has 0 spiro atoms. The molecule has 1 atom stereocenters. The minimum Gasteiger partial charge on any atom is -0.342 e. The highest BCUT2D eigenvalue weighted by atomic mass is 16.2. The molecule has 1 amide bonds. The second-order valence-electron chi connectivity index (χ2n) is 7.02. The number of nitrogens with one attached hydrogen (secondary N) is 2. The zero-order chi connectivity index (χ0) is 19.0. The van der Waals surface area contributed by atoms with Crippen molar-refractivity contribution < 1.29 is 4.79 Å². The molecule has 1 aliphatic heterocycles. The van der Waals surface area contributed by atoms with Gasteiger partial charge in [-0.2, -0.15) is 0 Å². The molecule has 0 aliphatic carbocycles. The highest BCUT2D eigenvalue weighted by molar-refractivity contribution is 5.76. The Morgan fingerprint density at radius 1 is 1.26 bits per heavy atom. The van der Waals surface area contributed by atoms with Gasteiger partial charge in [-0.05, 0) is 31.9 Å². The van der Waals surface area contributed by atoms with Gasteiger partial charge in [-0.3, -0.25) is 19.1 Å². The zero-order valence-electron chi connectivity index (χ0n) is 15.1. The number of hydrogen-bond donors (Lipinski definition) is 2. The van der Waals surface area contributed by atoms with E-state index in [1.165, 1.54) is 10.8 Å². The third kappa shape index (κ3) is 3.42. The van der Waals surface area contributed by atoms with Crippen molar-refractivity contribution in [1.29, 1.82) is 0 Å². The van der Waals surface area contributed by atoms with Crippen LogP contribution in [-0.4, -0.2) is 43.4 Å². The molecule has 0 saturated carbocycles. The third-order valence-corrected chi connectivity index (χ3v) is 5.06. The molecular formula is C19H21N5O3. The van der Waals surface area contributed by atoms with Gasteiger partial charge >= 0.3 is 5.69 Å². The van der Waals surface area contributed by atoms with E-state index in [0.717, 1.165) is 29.7 Å². The molecule has 1 fully saturated rings. The van der Waals surface area contributed by atoms with Gasteiger partial charge in [0.1, 0.15) is 12.4 Å². The first-order chi connectivity index (χ1) is 13.0. The lowest BCUT2D eigenvalue weighted by molar-refractivity contribution is -0.133. The van der Waals surface area contributed by atoms with E-state index < -0.39 is 11.2 Å². The number of aromatic nitrogens is 4. The van der Waals surface area contributed by atoms with E-state index in [9.17, 15) is 14.4 Å². The highest BCUT2D eigenvalue weighted by Crippen LogP contribution is 2.26. The predicted molar refractivity (Wildman–Crippen MR) is 101 cm³/mol. The average molecular weight is 367 g/mol. The molecule has 140 valence electrons. The molecule has 1 saturated heterocycles. The Bertz CT molecular complexity index is 1080. The van der Waals surface area contributed by atoms with Crippen molar-refractivity contribution in [2.45, 2.75) is 32.2 Å². The average Bonchev–Trinajstić information content (AvgIpc) is 3.10. The van der Waals surface area contributed by atoms with Crippen molar-refractivity contribution in [1.82, 2.24) is 24.4 Å². The fourth-order valence-electron chi connectivity index (χ4n) is 3.57. The van der Waals surface area contributed by atoms with Crippen LogP contribution in [0.4, 0.5) is 0 Å². The van der Waals surface area contributed by atoms with Crippen LogP contribution in [-0.2, 0) is 11.3 Å². The third-order valence-electron chi connectivity index (χ3n) is 5.06. The number of carbonyl (C=O) groups excluding carboxylic acids is 1. The van der Waals surface area contributed by atoms with Crippen molar-refractivity contribution in [3.8, 4) is 0 Å². The first kappa shape index (κ1) is 17.3. The molecule has 4 rings (SSSR count). The number of carbonyl (C=O) groups is 1. The summed E-state index contributed by atoms with van der Waals surface area (Å²) in [4.78, 5) is 48.1. The minimum atomic E-state index is -0.565. The van der Waals surface area contributed by atoms with Gasteiger partial charge in [-0.25, -0.2) is 9.78 Å². The lowest BCUT2D eigenvalue weighted by Gasteiger charge is -2.32. The van der Waals surface area contributed by atoms with E-state index in [1.807, 2.05) is 24.3 Å². The molecule has 3 heterocycles. The smallest absolute Gasteiger partial charge is 0.328 e. The molecule has 0 unspecified atom stereocenters. The molecular weight excluding hydrogens is 346 g/mol. The summed E-state index contributed by atoms with van der Waals surface area (Å²) in [7, 11) is 0. The van der Waals surface area contributed by atoms with Crippen LogP contribution in [0.3, 0.4) is 0 Å². The summed E-state index contributed by atoms with van der Waals surface area (Å²) >= 11 is 0. The highest BCUT2D eigenvalue weighted by Gasteiger charge is 2.27. The van der Waals surface area contributed by atoms with Crippen LogP contribution in [0.25, 0.3) is 11.0 Å². The molecule has 2 N–H and O–H groups in total. The molecule has 3 aromatic rings. The number of fused-ring (bicyclic) bond motifs is 1. The van der Waals surface area contributed by atoms with Crippen molar-refractivity contribution in [3.05, 3.63) is 62.7 Å². The summed E-state index contributed by atoms with van der Waals surface area (Å²) in [5.74, 6) is 0.902. The van der Waals surface area contributed by atoms with Gasteiger partial charge < -0.3 is 9.88 Å². The summed E-state index contributed by atoms with van der Waals surface area (Å²) in [6.07, 6.45) is 3.27. The maximum Gasteiger partial charge on any atom is 0.328 e.